The second-order valence-electron chi connectivity index (χ2n) is 2.94. The van der Waals surface area contributed by atoms with E-state index in [0.29, 0.717) is 0 Å². The molecule has 0 amide bonds. The summed E-state index contributed by atoms with van der Waals surface area (Å²) in [5, 5.41) is 9.04. The summed E-state index contributed by atoms with van der Waals surface area (Å²) in [6.45, 7) is -0.0149. The van der Waals surface area contributed by atoms with Gasteiger partial charge in [-0.05, 0) is 46.9 Å². The van der Waals surface area contributed by atoms with Crippen molar-refractivity contribution in [3.63, 3.8) is 0 Å². The standard InChI is InChI=1S/C10H10INO2/c11-8-1-3-9(4-2-8)12-5-6-14-10(12)7-13/h1-6,10,13H,7H2. The van der Waals surface area contributed by atoms with Crippen molar-refractivity contribution in [2.24, 2.45) is 0 Å². The number of rotatable bonds is 2. The quantitative estimate of drug-likeness (QED) is 0.847. The Morgan fingerprint density at radius 2 is 2.07 bits per heavy atom. The molecule has 1 aliphatic rings. The smallest absolute Gasteiger partial charge is 0.198 e. The predicted octanol–water partition coefficient (Wildman–Crippen LogP) is 1.92. The van der Waals surface area contributed by atoms with Crippen molar-refractivity contribution in [2.45, 2.75) is 6.23 Å². The first-order chi connectivity index (χ1) is 6.81. The fraction of sp³-hybridized carbons (Fsp3) is 0.200. The third-order valence-corrected chi connectivity index (χ3v) is 2.77. The summed E-state index contributed by atoms with van der Waals surface area (Å²) in [6.07, 6.45) is 3.14. The highest BCUT2D eigenvalue weighted by Crippen LogP contribution is 2.22. The highest BCUT2D eigenvalue weighted by Gasteiger charge is 2.20. The van der Waals surface area contributed by atoms with Crippen LogP contribution < -0.4 is 4.90 Å². The van der Waals surface area contributed by atoms with Gasteiger partial charge >= 0.3 is 0 Å². The summed E-state index contributed by atoms with van der Waals surface area (Å²) < 4.78 is 6.38. The molecule has 74 valence electrons. The number of halogens is 1. The zero-order valence-electron chi connectivity index (χ0n) is 7.43. The van der Waals surface area contributed by atoms with Gasteiger partial charge in [0.25, 0.3) is 0 Å². The van der Waals surface area contributed by atoms with Gasteiger partial charge < -0.3 is 14.7 Å². The molecule has 0 radical (unpaired) electrons. The molecule has 0 saturated heterocycles. The molecule has 1 aromatic rings. The Balaban J connectivity index is 2.22. The fourth-order valence-corrected chi connectivity index (χ4v) is 1.71. The third-order valence-electron chi connectivity index (χ3n) is 2.05. The van der Waals surface area contributed by atoms with E-state index >= 15 is 0 Å². The summed E-state index contributed by atoms with van der Waals surface area (Å²) in [7, 11) is 0. The van der Waals surface area contributed by atoms with E-state index in [0.717, 1.165) is 5.69 Å². The Labute approximate surface area is 96.1 Å². The molecule has 1 heterocycles. The van der Waals surface area contributed by atoms with Crippen molar-refractivity contribution in [3.8, 4) is 0 Å². The number of aliphatic hydroxyl groups excluding tert-OH is 1. The highest BCUT2D eigenvalue weighted by atomic mass is 127. The molecular weight excluding hydrogens is 293 g/mol. The van der Waals surface area contributed by atoms with Crippen LogP contribution in [0.15, 0.2) is 36.7 Å². The minimum atomic E-state index is -0.282. The summed E-state index contributed by atoms with van der Waals surface area (Å²) in [5.74, 6) is 0. The molecule has 0 spiro atoms. The molecule has 0 aromatic heterocycles. The maximum absolute atomic E-state index is 9.04. The van der Waals surface area contributed by atoms with E-state index in [1.807, 2.05) is 35.4 Å². The van der Waals surface area contributed by atoms with E-state index < -0.39 is 0 Å². The maximum Gasteiger partial charge on any atom is 0.198 e. The van der Waals surface area contributed by atoms with Gasteiger partial charge in [-0.25, -0.2) is 0 Å². The van der Waals surface area contributed by atoms with Crippen molar-refractivity contribution in [1.29, 1.82) is 0 Å². The molecule has 0 saturated carbocycles. The molecule has 0 bridgehead atoms. The van der Waals surface area contributed by atoms with Crippen LogP contribution in [0.3, 0.4) is 0 Å². The van der Waals surface area contributed by atoms with Crippen molar-refractivity contribution in [3.05, 3.63) is 40.3 Å². The lowest BCUT2D eigenvalue weighted by Crippen LogP contribution is -2.30. The predicted molar refractivity (Wildman–Crippen MR) is 62.7 cm³/mol. The SMILES string of the molecule is OCC1OC=CN1c1ccc(I)cc1. The lowest BCUT2D eigenvalue weighted by Gasteiger charge is -2.22. The van der Waals surface area contributed by atoms with Crippen LogP contribution in [0.5, 0.6) is 0 Å². The van der Waals surface area contributed by atoms with Crippen LogP contribution in [0, 0.1) is 3.57 Å². The summed E-state index contributed by atoms with van der Waals surface area (Å²) in [6, 6.07) is 8.06. The Bertz CT molecular complexity index is 336. The van der Waals surface area contributed by atoms with Gasteiger partial charge in [0.1, 0.15) is 6.26 Å². The van der Waals surface area contributed by atoms with Crippen LogP contribution in [0.2, 0.25) is 0 Å². The number of hydrogen-bond donors (Lipinski definition) is 1. The molecule has 3 nitrogen and oxygen atoms in total. The van der Waals surface area contributed by atoms with Crippen LogP contribution in [-0.4, -0.2) is 17.9 Å². The lowest BCUT2D eigenvalue weighted by atomic mass is 10.3. The number of benzene rings is 1. The highest BCUT2D eigenvalue weighted by molar-refractivity contribution is 14.1. The molecule has 1 N–H and O–H groups in total. The zero-order chi connectivity index (χ0) is 9.97. The summed E-state index contributed by atoms with van der Waals surface area (Å²) >= 11 is 2.26. The van der Waals surface area contributed by atoms with E-state index in [-0.39, 0.29) is 12.8 Å². The number of anilines is 1. The first-order valence-electron chi connectivity index (χ1n) is 4.28. The van der Waals surface area contributed by atoms with Gasteiger partial charge in [-0.3, -0.25) is 0 Å². The normalized spacial score (nSPS) is 19.9. The number of aliphatic hydroxyl groups is 1. The zero-order valence-corrected chi connectivity index (χ0v) is 9.59. The second kappa shape index (κ2) is 4.18. The first kappa shape index (κ1) is 9.79. The van der Waals surface area contributed by atoms with Gasteiger partial charge in [0.2, 0.25) is 0 Å². The molecular formula is C10H10INO2. The summed E-state index contributed by atoms with van der Waals surface area (Å²) in [4.78, 5) is 1.90. The van der Waals surface area contributed by atoms with Crippen molar-refractivity contribution < 1.29 is 9.84 Å². The van der Waals surface area contributed by atoms with Gasteiger partial charge in [-0.2, -0.15) is 0 Å². The van der Waals surface area contributed by atoms with Crippen LogP contribution >= 0.6 is 22.6 Å². The van der Waals surface area contributed by atoms with Crippen LogP contribution in [-0.2, 0) is 4.74 Å². The number of nitrogens with zero attached hydrogens (tertiary/aromatic N) is 1. The van der Waals surface area contributed by atoms with Gasteiger partial charge in [0.15, 0.2) is 6.23 Å². The maximum atomic E-state index is 9.04. The fourth-order valence-electron chi connectivity index (χ4n) is 1.35. The molecule has 1 aromatic carbocycles. The summed E-state index contributed by atoms with van der Waals surface area (Å²) in [5.41, 5.74) is 1.03. The van der Waals surface area contributed by atoms with Gasteiger partial charge in [-0.1, -0.05) is 0 Å². The minimum Gasteiger partial charge on any atom is -0.474 e. The molecule has 2 rings (SSSR count). The van der Waals surface area contributed by atoms with Crippen molar-refractivity contribution >= 4 is 28.3 Å². The monoisotopic (exact) mass is 303 g/mol. The Morgan fingerprint density at radius 3 is 2.71 bits per heavy atom. The minimum absolute atomic E-state index is 0.0149. The number of ether oxygens (including phenoxy) is 1. The lowest BCUT2D eigenvalue weighted by molar-refractivity contribution is 0.0976. The third kappa shape index (κ3) is 1.85. The van der Waals surface area contributed by atoms with E-state index in [1.165, 1.54) is 3.57 Å². The molecule has 1 atom stereocenters. The van der Waals surface area contributed by atoms with E-state index in [1.54, 1.807) is 6.26 Å². The molecule has 14 heavy (non-hydrogen) atoms. The van der Waals surface area contributed by atoms with Gasteiger partial charge in [0.05, 0.1) is 6.61 Å². The number of hydrogen-bond acceptors (Lipinski definition) is 3. The second-order valence-corrected chi connectivity index (χ2v) is 4.19. The van der Waals surface area contributed by atoms with E-state index in [9.17, 15) is 0 Å². The average molecular weight is 303 g/mol. The molecule has 0 fully saturated rings. The molecule has 0 aliphatic carbocycles. The molecule has 1 unspecified atom stereocenters. The Morgan fingerprint density at radius 1 is 1.36 bits per heavy atom. The van der Waals surface area contributed by atoms with Gasteiger partial charge in [-0.15, -0.1) is 0 Å². The molecule has 1 aliphatic heterocycles. The van der Waals surface area contributed by atoms with E-state index in [2.05, 4.69) is 22.6 Å². The topological polar surface area (TPSA) is 32.7 Å². The largest absolute Gasteiger partial charge is 0.474 e. The average Bonchev–Trinajstić information content (AvgIpc) is 2.67. The van der Waals surface area contributed by atoms with Gasteiger partial charge in [0, 0.05) is 15.5 Å². The van der Waals surface area contributed by atoms with Crippen LogP contribution in [0.4, 0.5) is 5.69 Å². The van der Waals surface area contributed by atoms with Crippen LogP contribution in [0.1, 0.15) is 0 Å². The van der Waals surface area contributed by atoms with Crippen molar-refractivity contribution in [2.75, 3.05) is 11.5 Å². The Kier molecular flexibility index (Phi) is 2.93. The molecule has 4 heteroatoms. The Hall–Kier alpha value is -0.750. The van der Waals surface area contributed by atoms with Crippen molar-refractivity contribution in [1.82, 2.24) is 0 Å². The first-order valence-corrected chi connectivity index (χ1v) is 5.36. The van der Waals surface area contributed by atoms with E-state index in [4.69, 9.17) is 9.84 Å². The van der Waals surface area contributed by atoms with Crippen LogP contribution in [0.25, 0.3) is 0 Å².